The third-order valence-electron chi connectivity index (χ3n) is 4.21. The third-order valence-corrected chi connectivity index (χ3v) is 5.04. The number of carbonyl (C=O) groups excluding carboxylic acids is 1. The molecule has 3 aromatic rings. The van der Waals surface area contributed by atoms with Crippen LogP contribution in [0, 0.1) is 0 Å². The molecule has 1 heterocycles. The number of hydrogen-bond acceptors (Lipinski definition) is 5. The molecule has 0 radical (unpaired) electrons. The zero-order chi connectivity index (χ0) is 18.9. The number of nitrogens with one attached hydrogen (secondary N) is 2. The summed E-state index contributed by atoms with van der Waals surface area (Å²) >= 11 is 1.47. The molecule has 142 valence electrons. The maximum atomic E-state index is 12.2. The lowest BCUT2D eigenvalue weighted by Crippen LogP contribution is -2.28. The summed E-state index contributed by atoms with van der Waals surface area (Å²) in [5, 5.41) is 7.32. The molecule has 5 nitrogen and oxygen atoms in total. The van der Waals surface area contributed by atoms with Gasteiger partial charge in [0.25, 0.3) is 5.91 Å². The Hall–Kier alpha value is -2.60. The summed E-state index contributed by atoms with van der Waals surface area (Å²) in [7, 11) is 0. The Labute approximate surface area is 163 Å². The second-order valence-electron chi connectivity index (χ2n) is 6.29. The van der Waals surface area contributed by atoms with Crippen molar-refractivity contribution in [3.05, 3.63) is 54.1 Å². The lowest BCUT2D eigenvalue weighted by Gasteiger charge is -2.08. The lowest BCUT2D eigenvalue weighted by molar-refractivity contribution is 0.0955. The van der Waals surface area contributed by atoms with Crippen LogP contribution in [0.1, 0.15) is 36.5 Å². The van der Waals surface area contributed by atoms with E-state index in [9.17, 15) is 4.79 Å². The zero-order valence-corrected chi connectivity index (χ0v) is 16.3. The number of hydrogen-bond donors (Lipinski definition) is 2. The van der Waals surface area contributed by atoms with Crippen molar-refractivity contribution in [2.45, 2.75) is 26.2 Å². The molecule has 0 saturated carbocycles. The predicted molar refractivity (Wildman–Crippen MR) is 112 cm³/mol. The van der Waals surface area contributed by atoms with E-state index in [4.69, 9.17) is 4.74 Å². The molecule has 0 saturated heterocycles. The summed E-state index contributed by atoms with van der Waals surface area (Å²) in [6.07, 6.45) is 3.40. The van der Waals surface area contributed by atoms with Gasteiger partial charge in [0, 0.05) is 24.0 Å². The van der Waals surface area contributed by atoms with Gasteiger partial charge in [0.2, 0.25) is 0 Å². The largest absolute Gasteiger partial charge is 0.494 e. The van der Waals surface area contributed by atoms with Crippen LogP contribution in [-0.2, 0) is 0 Å². The normalized spacial score (nSPS) is 10.7. The first kappa shape index (κ1) is 19.2. The number of anilines is 1. The fraction of sp³-hybridized carbons (Fsp3) is 0.333. The summed E-state index contributed by atoms with van der Waals surface area (Å²) in [5.74, 6) is 1.59. The van der Waals surface area contributed by atoms with Crippen LogP contribution in [0.2, 0.25) is 0 Å². The predicted octanol–water partition coefficient (Wildman–Crippen LogP) is 4.71. The monoisotopic (exact) mass is 383 g/mol. The van der Waals surface area contributed by atoms with Crippen LogP contribution in [-0.4, -0.2) is 30.0 Å². The zero-order valence-electron chi connectivity index (χ0n) is 15.5. The third kappa shape index (κ3) is 5.44. The summed E-state index contributed by atoms with van der Waals surface area (Å²) in [4.78, 5) is 12.2. The van der Waals surface area contributed by atoms with E-state index in [2.05, 4.69) is 28.0 Å². The van der Waals surface area contributed by atoms with Crippen molar-refractivity contribution in [3.63, 3.8) is 0 Å². The highest BCUT2D eigenvalue weighted by Gasteiger charge is 2.07. The van der Waals surface area contributed by atoms with E-state index in [0.29, 0.717) is 18.7 Å². The van der Waals surface area contributed by atoms with Gasteiger partial charge >= 0.3 is 0 Å². The summed E-state index contributed by atoms with van der Waals surface area (Å²) in [6.45, 7) is 4.04. The Balaban J connectivity index is 1.41. The highest BCUT2D eigenvalue weighted by atomic mass is 32.1. The van der Waals surface area contributed by atoms with Gasteiger partial charge < -0.3 is 15.4 Å². The van der Waals surface area contributed by atoms with Crippen LogP contribution in [0.15, 0.2) is 48.5 Å². The molecule has 0 spiro atoms. The molecule has 27 heavy (non-hydrogen) atoms. The highest BCUT2D eigenvalue weighted by molar-refractivity contribution is 7.13. The summed E-state index contributed by atoms with van der Waals surface area (Å²) < 4.78 is 11.2. The molecule has 0 aliphatic rings. The smallest absolute Gasteiger partial charge is 0.251 e. The van der Waals surface area contributed by atoms with Gasteiger partial charge in [-0.2, -0.15) is 4.37 Å². The number of aromatic nitrogens is 1. The lowest BCUT2D eigenvalue weighted by atomic mass is 10.2. The maximum Gasteiger partial charge on any atom is 0.251 e. The van der Waals surface area contributed by atoms with Crippen molar-refractivity contribution in [1.82, 2.24) is 9.69 Å². The van der Waals surface area contributed by atoms with E-state index < -0.39 is 0 Å². The topological polar surface area (TPSA) is 63.2 Å². The van der Waals surface area contributed by atoms with E-state index >= 15 is 0 Å². The minimum atomic E-state index is -0.0857. The van der Waals surface area contributed by atoms with E-state index in [1.54, 1.807) is 12.1 Å². The first-order chi connectivity index (χ1) is 13.3. The molecule has 2 aromatic carbocycles. The average Bonchev–Trinajstić information content (AvgIpc) is 3.12. The Bertz CT molecular complexity index is 861. The summed E-state index contributed by atoms with van der Waals surface area (Å²) in [5.41, 5.74) is 0.634. The Morgan fingerprint density at radius 2 is 1.89 bits per heavy atom. The number of amides is 1. The number of nitrogens with zero attached hydrogens (tertiary/aromatic N) is 1. The first-order valence-electron chi connectivity index (χ1n) is 9.37. The Morgan fingerprint density at radius 1 is 1.07 bits per heavy atom. The molecule has 0 bridgehead atoms. The quantitative estimate of drug-likeness (QED) is 0.498. The van der Waals surface area contributed by atoms with Gasteiger partial charge in [0.1, 0.15) is 11.6 Å². The van der Waals surface area contributed by atoms with E-state index in [0.717, 1.165) is 34.7 Å². The van der Waals surface area contributed by atoms with Gasteiger partial charge in [-0.3, -0.25) is 4.79 Å². The van der Waals surface area contributed by atoms with Crippen molar-refractivity contribution < 1.29 is 9.53 Å². The van der Waals surface area contributed by atoms with Crippen LogP contribution >= 0.6 is 11.5 Å². The second kappa shape index (κ2) is 9.92. The van der Waals surface area contributed by atoms with Gasteiger partial charge in [-0.05, 0) is 54.4 Å². The van der Waals surface area contributed by atoms with Crippen molar-refractivity contribution >= 4 is 33.3 Å². The average molecular weight is 384 g/mol. The van der Waals surface area contributed by atoms with E-state index in [-0.39, 0.29) is 5.91 Å². The summed E-state index contributed by atoms with van der Waals surface area (Å²) in [6, 6.07) is 15.4. The van der Waals surface area contributed by atoms with Gasteiger partial charge in [-0.15, -0.1) is 0 Å². The standard InChI is InChI=1S/C21H25N3O2S/c1-2-3-6-15-26-17-11-9-16(10-12-17)21(25)23-14-13-22-20-18-7-4-5-8-19(18)27-24-20/h4-5,7-12H,2-3,6,13-15H2,1H3,(H,22,24)(H,23,25). The van der Waals surface area contributed by atoms with Crippen LogP contribution in [0.4, 0.5) is 5.82 Å². The van der Waals surface area contributed by atoms with Gasteiger partial charge in [0.15, 0.2) is 0 Å². The molecular formula is C21H25N3O2S. The van der Waals surface area contributed by atoms with Crippen LogP contribution in [0.3, 0.4) is 0 Å². The molecule has 0 atom stereocenters. The number of unbranched alkanes of at least 4 members (excludes halogenated alkanes) is 2. The molecule has 3 rings (SSSR count). The maximum absolute atomic E-state index is 12.2. The van der Waals surface area contributed by atoms with Crippen LogP contribution in [0.5, 0.6) is 5.75 Å². The minimum absolute atomic E-state index is 0.0857. The molecular weight excluding hydrogens is 358 g/mol. The molecule has 1 aromatic heterocycles. The number of carbonyl (C=O) groups is 1. The molecule has 0 unspecified atom stereocenters. The van der Waals surface area contributed by atoms with Crippen LogP contribution in [0.25, 0.3) is 10.1 Å². The molecule has 6 heteroatoms. The van der Waals surface area contributed by atoms with Gasteiger partial charge in [0.05, 0.1) is 11.3 Å². The van der Waals surface area contributed by atoms with Crippen molar-refractivity contribution in [1.29, 1.82) is 0 Å². The van der Waals surface area contributed by atoms with Crippen LogP contribution < -0.4 is 15.4 Å². The molecule has 0 aliphatic heterocycles. The van der Waals surface area contributed by atoms with Crippen molar-refractivity contribution in [3.8, 4) is 5.75 Å². The van der Waals surface area contributed by atoms with E-state index in [1.165, 1.54) is 24.4 Å². The molecule has 2 N–H and O–H groups in total. The highest BCUT2D eigenvalue weighted by Crippen LogP contribution is 2.25. The molecule has 1 amide bonds. The number of fused-ring (bicyclic) bond motifs is 1. The number of benzene rings is 2. The Kier molecular flexibility index (Phi) is 7.04. The SMILES string of the molecule is CCCCCOc1ccc(C(=O)NCCNc2nsc3ccccc23)cc1. The molecule has 0 fully saturated rings. The minimum Gasteiger partial charge on any atom is -0.494 e. The van der Waals surface area contributed by atoms with E-state index in [1.807, 2.05) is 30.3 Å². The first-order valence-corrected chi connectivity index (χ1v) is 10.1. The fourth-order valence-electron chi connectivity index (χ4n) is 2.72. The number of rotatable bonds is 10. The van der Waals surface area contributed by atoms with Gasteiger partial charge in [-0.1, -0.05) is 31.9 Å². The molecule has 0 aliphatic carbocycles. The van der Waals surface area contributed by atoms with Crippen molar-refractivity contribution in [2.75, 3.05) is 25.0 Å². The Morgan fingerprint density at radius 3 is 2.70 bits per heavy atom. The van der Waals surface area contributed by atoms with Gasteiger partial charge in [-0.25, -0.2) is 0 Å². The second-order valence-corrected chi connectivity index (χ2v) is 7.09. The van der Waals surface area contributed by atoms with Crippen molar-refractivity contribution in [2.24, 2.45) is 0 Å². The fourth-order valence-corrected chi connectivity index (χ4v) is 3.47. The number of ether oxygens (including phenoxy) is 1.